The van der Waals surface area contributed by atoms with Crippen LogP contribution in [-0.4, -0.2) is 41.7 Å². The fourth-order valence-electron chi connectivity index (χ4n) is 2.76. The van der Waals surface area contributed by atoms with Crippen molar-refractivity contribution in [3.05, 3.63) is 0 Å². The molecular formula is C8H14N2S. The minimum Gasteiger partial charge on any atom is -0.315 e. The molecule has 3 aliphatic rings. The first kappa shape index (κ1) is 6.75. The van der Waals surface area contributed by atoms with Gasteiger partial charge in [-0.25, -0.2) is 0 Å². The van der Waals surface area contributed by atoms with Gasteiger partial charge in [-0.05, 0) is 18.9 Å². The largest absolute Gasteiger partial charge is 0.315 e. The third kappa shape index (κ3) is 0.879. The van der Waals surface area contributed by atoms with E-state index in [4.69, 9.17) is 0 Å². The summed E-state index contributed by atoms with van der Waals surface area (Å²) in [4.78, 5) is 2.72. The average Bonchev–Trinajstić information content (AvgIpc) is 2.52. The SMILES string of the molecule is C1NCC2C1CC1CSCN12. The van der Waals surface area contributed by atoms with E-state index in [9.17, 15) is 0 Å². The van der Waals surface area contributed by atoms with Gasteiger partial charge in [0.2, 0.25) is 0 Å². The first-order valence-corrected chi connectivity index (χ1v) is 5.65. The van der Waals surface area contributed by atoms with Crippen molar-refractivity contribution in [2.45, 2.75) is 18.5 Å². The van der Waals surface area contributed by atoms with Crippen molar-refractivity contribution in [1.29, 1.82) is 0 Å². The van der Waals surface area contributed by atoms with Gasteiger partial charge in [0.25, 0.3) is 0 Å². The molecule has 0 aromatic rings. The highest BCUT2D eigenvalue weighted by atomic mass is 32.2. The number of rotatable bonds is 0. The topological polar surface area (TPSA) is 15.3 Å². The summed E-state index contributed by atoms with van der Waals surface area (Å²) >= 11 is 2.11. The monoisotopic (exact) mass is 170 g/mol. The summed E-state index contributed by atoms with van der Waals surface area (Å²) in [6.07, 6.45) is 1.46. The number of thioether (sulfide) groups is 1. The van der Waals surface area contributed by atoms with Crippen LogP contribution in [0.15, 0.2) is 0 Å². The van der Waals surface area contributed by atoms with E-state index in [1.807, 2.05) is 0 Å². The van der Waals surface area contributed by atoms with Crippen molar-refractivity contribution >= 4 is 11.8 Å². The first-order valence-electron chi connectivity index (χ1n) is 4.49. The Morgan fingerprint density at radius 1 is 1.36 bits per heavy atom. The molecule has 3 unspecified atom stereocenters. The highest BCUT2D eigenvalue weighted by Crippen LogP contribution is 2.38. The number of nitrogens with zero attached hydrogens (tertiary/aromatic N) is 1. The molecule has 62 valence electrons. The van der Waals surface area contributed by atoms with Crippen LogP contribution in [0, 0.1) is 5.92 Å². The number of hydrogen-bond donors (Lipinski definition) is 1. The molecule has 3 atom stereocenters. The fourth-order valence-corrected chi connectivity index (χ4v) is 4.08. The quantitative estimate of drug-likeness (QED) is 0.565. The number of nitrogens with one attached hydrogen (secondary N) is 1. The lowest BCUT2D eigenvalue weighted by atomic mass is 10.0. The van der Waals surface area contributed by atoms with Crippen molar-refractivity contribution < 1.29 is 0 Å². The molecule has 0 spiro atoms. The second-order valence-electron chi connectivity index (χ2n) is 3.89. The third-order valence-corrected chi connectivity index (χ3v) is 4.43. The standard InChI is InChI=1S/C8H14N2S/c1-6-2-9-3-8(6)10-5-11-4-7(1)10/h6-9H,1-5H2. The molecule has 3 aliphatic heterocycles. The van der Waals surface area contributed by atoms with Crippen LogP contribution in [0.3, 0.4) is 0 Å². The molecule has 2 nitrogen and oxygen atoms in total. The summed E-state index contributed by atoms with van der Waals surface area (Å²) in [5.41, 5.74) is 0. The molecule has 11 heavy (non-hydrogen) atoms. The Bertz CT molecular complexity index is 155. The van der Waals surface area contributed by atoms with E-state index >= 15 is 0 Å². The van der Waals surface area contributed by atoms with E-state index < -0.39 is 0 Å². The van der Waals surface area contributed by atoms with Crippen molar-refractivity contribution in [1.82, 2.24) is 10.2 Å². The van der Waals surface area contributed by atoms with E-state index in [2.05, 4.69) is 22.0 Å². The van der Waals surface area contributed by atoms with Crippen LogP contribution in [0.5, 0.6) is 0 Å². The lowest BCUT2D eigenvalue weighted by Gasteiger charge is -2.20. The van der Waals surface area contributed by atoms with Gasteiger partial charge >= 0.3 is 0 Å². The third-order valence-electron chi connectivity index (χ3n) is 3.32. The molecule has 0 aliphatic carbocycles. The van der Waals surface area contributed by atoms with Crippen molar-refractivity contribution in [3.63, 3.8) is 0 Å². The zero-order valence-electron chi connectivity index (χ0n) is 6.62. The molecule has 3 rings (SSSR count). The molecule has 0 bridgehead atoms. The van der Waals surface area contributed by atoms with Gasteiger partial charge in [0.1, 0.15) is 0 Å². The Hall–Kier alpha value is 0.270. The molecule has 0 saturated carbocycles. The molecule has 3 saturated heterocycles. The minimum atomic E-state index is 0.898. The van der Waals surface area contributed by atoms with Gasteiger partial charge in [-0.3, -0.25) is 4.90 Å². The van der Waals surface area contributed by atoms with Gasteiger partial charge in [-0.15, -0.1) is 11.8 Å². The fraction of sp³-hybridized carbons (Fsp3) is 1.00. The van der Waals surface area contributed by atoms with E-state index in [-0.39, 0.29) is 0 Å². The van der Waals surface area contributed by atoms with Crippen LogP contribution in [0.4, 0.5) is 0 Å². The van der Waals surface area contributed by atoms with Gasteiger partial charge in [-0.1, -0.05) is 0 Å². The van der Waals surface area contributed by atoms with Gasteiger partial charge in [-0.2, -0.15) is 0 Å². The summed E-state index contributed by atoms with van der Waals surface area (Å²) in [7, 11) is 0. The van der Waals surface area contributed by atoms with E-state index in [0.29, 0.717) is 0 Å². The van der Waals surface area contributed by atoms with Crippen molar-refractivity contribution in [2.24, 2.45) is 5.92 Å². The molecule has 0 aromatic heterocycles. The second-order valence-corrected chi connectivity index (χ2v) is 4.89. The lowest BCUT2D eigenvalue weighted by molar-refractivity contribution is 0.259. The Labute approximate surface area is 71.7 Å². The Kier molecular flexibility index (Phi) is 1.46. The molecule has 3 heterocycles. The molecule has 0 radical (unpaired) electrons. The summed E-state index contributed by atoms with van der Waals surface area (Å²) in [6, 6.07) is 1.84. The normalized spacial score (nSPS) is 49.6. The zero-order chi connectivity index (χ0) is 7.26. The summed E-state index contributed by atoms with van der Waals surface area (Å²) in [5, 5.41) is 3.49. The Morgan fingerprint density at radius 3 is 3.36 bits per heavy atom. The lowest BCUT2D eigenvalue weighted by Crippen LogP contribution is -2.35. The van der Waals surface area contributed by atoms with E-state index in [0.717, 1.165) is 18.0 Å². The predicted octanol–water partition coefficient (Wildman–Crippen LogP) is 0.353. The first-order chi connectivity index (χ1) is 5.45. The van der Waals surface area contributed by atoms with Crippen molar-refractivity contribution in [3.8, 4) is 0 Å². The summed E-state index contributed by atoms with van der Waals surface area (Å²) in [5.74, 6) is 3.68. The Balaban J connectivity index is 1.84. The van der Waals surface area contributed by atoms with Gasteiger partial charge in [0.15, 0.2) is 0 Å². The maximum Gasteiger partial charge on any atom is 0.0451 e. The maximum atomic E-state index is 3.49. The maximum absolute atomic E-state index is 3.49. The molecular weight excluding hydrogens is 156 g/mol. The van der Waals surface area contributed by atoms with Gasteiger partial charge in [0.05, 0.1) is 0 Å². The molecule has 3 heteroatoms. The van der Waals surface area contributed by atoms with Crippen LogP contribution >= 0.6 is 11.8 Å². The average molecular weight is 170 g/mol. The van der Waals surface area contributed by atoms with Crippen LogP contribution in [0.25, 0.3) is 0 Å². The highest BCUT2D eigenvalue weighted by molar-refractivity contribution is 7.99. The predicted molar refractivity (Wildman–Crippen MR) is 47.7 cm³/mol. The van der Waals surface area contributed by atoms with Crippen LogP contribution in [0.1, 0.15) is 6.42 Å². The van der Waals surface area contributed by atoms with E-state index in [1.54, 1.807) is 0 Å². The van der Waals surface area contributed by atoms with Crippen LogP contribution in [0.2, 0.25) is 0 Å². The molecule has 1 N–H and O–H groups in total. The second kappa shape index (κ2) is 2.38. The van der Waals surface area contributed by atoms with Gasteiger partial charge < -0.3 is 5.32 Å². The summed E-state index contributed by atoms with van der Waals surface area (Å²) < 4.78 is 0. The summed E-state index contributed by atoms with van der Waals surface area (Å²) in [6.45, 7) is 2.53. The highest BCUT2D eigenvalue weighted by Gasteiger charge is 2.45. The van der Waals surface area contributed by atoms with E-state index in [1.165, 1.54) is 31.1 Å². The Morgan fingerprint density at radius 2 is 2.36 bits per heavy atom. The van der Waals surface area contributed by atoms with Crippen molar-refractivity contribution in [2.75, 3.05) is 24.7 Å². The van der Waals surface area contributed by atoms with Crippen LogP contribution in [-0.2, 0) is 0 Å². The molecule has 3 fully saturated rings. The number of hydrogen-bond acceptors (Lipinski definition) is 3. The van der Waals surface area contributed by atoms with Gasteiger partial charge in [0, 0.05) is 30.3 Å². The zero-order valence-corrected chi connectivity index (χ0v) is 7.44. The molecule has 0 amide bonds. The van der Waals surface area contributed by atoms with Crippen LogP contribution < -0.4 is 5.32 Å². The molecule has 0 aromatic carbocycles. The minimum absolute atomic E-state index is 0.898. The smallest absolute Gasteiger partial charge is 0.0451 e. The number of fused-ring (bicyclic) bond motifs is 3.